The molecule has 0 aliphatic heterocycles. The number of rotatable bonds is 6. The molecule has 122 valence electrons. The van der Waals surface area contributed by atoms with Crippen molar-refractivity contribution in [3.05, 3.63) is 59.4 Å². The van der Waals surface area contributed by atoms with Crippen LogP contribution in [0.25, 0.3) is 0 Å². The summed E-state index contributed by atoms with van der Waals surface area (Å²) in [4.78, 5) is 18.5. The molecule has 1 N–H and O–H groups in total. The van der Waals surface area contributed by atoms with Crippen molar-refractivity contribution < 1.29 is 9.53 Å². The van der Waals surface area contributed by atoms with Crippen LogP contribution < -0.4 is 10.1 Å². The first-order chi connectivity index (χ1) is 11.0. The summed E-state index contributed by atoms with van der Waals surface area (Å²) >= 11 is 0. The fourth-order valence-electron chi connectivity index (χ4n) is 2.32. The molecule has 1 atom stereocenters. The molecule has 0 aliphatic carbocycles. The second-order valence-corrected chi connectivity index (χ2v) is 5.65. The fourth-order valence-corrected chi connectivity index (χ4v) is 2.32. The van der Waals surface area contributed by atoms with E-state index in [1.807, 2.05) is 51.4 Å². The highest BCUT2D eigenvalue weighted by Gasteiger charge is 2.16. The van der Waals surface area contributed by atoms with Crippen LogP contribution in [-0.2, 0) is 0 Å². The van der Waals surface area contributed by atoms with Gasteiger partial charge in [0, 0.05) is 18.4 Å². The van der Waals surface area contributed by atoms with Gasteiger partial charge < -0.3 is 15.0 Å². The van der Waals surface area contributed by atoms with Crippen LogP contribution in [0.15, 0.2) is 42.6 Å². The SMILES string of the molecule is COc1ccc([C@@H](CNC(=O)c2ccc(C)nc2)N(C)C)cc1. The van der Waals surface area contributed by atoms with Crippen LogP contribution in [-0.4, -0.2) is 43.5 Å². The van der Waals surface area contributed by atoms with Crippen molar-refractivity contribution in [2.75, 3.05) is 27.7 Å². The molecule has 1 heterocycles. The van der Waals surface area contributed by atoms with Crippen LogP contribution in [0, 0.1) is 6.92 Å². The maximum absolute atomic E-state index is 12.2. The monoisotopic (exact) mass is 313 g/mol. The molecule has 0 unspecified atom stereocenters. The Morgan fingerprint density at radius 1 is 1.22 bits per heavy atom. The molecular weight excluding hydrogens is 290 g/mol. The summed E-state index contributed by atoms with van der Waals surface area (Å²) in [6.07, 6.45) is 1.60. The van der Waals surface area contributed by atoms with Gasteiger partial charge in [0.2, 0.25) is 0 Å². The van der Waals surface area contributed by atoms with Gasteiger partial charge in [-0.15, -0.1) is 0 Å². The van der Waals surface area contributed by atoms with Crippen molar-refractivity contribution in [1.29, 1.82) is 0 Å². The van der Waals surface area contributed by atoms with E-state index in [0.29, 0.717) is 12.1 Å². The van der Waals surface area contributed by atoms with Gasteiger partial charge in [0.25, 0.3) is 5.91 Å². The zero-order chi connectivity index (χ0) is 16.8. The quantitative estimate of drug-likeness (QED) is 0.890. The fraction of sp³-hybridized carbons (Fsp3) is 0.333. The van der Waals surface area contributed by atoms with Gasteiger partial charge in [-0.25, -0.2) is 0 Å². The molecule has 1 aromatic heterocycles. The lowest BCUT2D eigenvalue weighted by atomic mass is 10.1. The number of likely N-dealkylation sites (N-methyl/N-ethyl adjacent to an activating group) is 1. The van der Waals surface area contributed by atoms with Gasteiger partial charge in [0.05, 0.1) is 18.7 Å². The summed E-state index contributed by atoms with van der Waals surface area (Å²) in [6.45, 7) is 2.42. The molecule has 23 heavy (non-hydrogen) atoms. The number of hydrogen-bond acceptors (Lipinski definition) is 4. The van der Waals surface area contributed by atoms with E-state index in [4.69, 9.17) is 4.74 Å². The molecule has 5 heteroatoms. The molecule has 1 aromatic carbocycles. The number of aryl methyl sites for hydroxylation is 1. The summed E-state index contributed by atoms with van der Waals surface area (Å²) in [5, 5.41) is 2.98. The predicted molar refractivity (Wildman–Crippen MR) is 90.7 cm³/mol. The highest BCUT2D eigenvalue weighted by molar-refractivity contribution is 5.93. The van der Waals surface area contributed by atoms with E-state index in [-0.39, 0.29) is 11.9 Å². The molecular formula is C18H23N3O2. The summed E-state index contributed by atoms with van der Waals surface area (Å²) in [5.74, 6) is 0.707. The van der Waals surface area contributed by atoms with Crippen LogP contribution in [0.4, 0.5) is 0 Å². The number of ether oxygens (including phenoxy) is 1. The first-order valence-corrected chi connectivity index (χ1v) is 7.52. The van der Waals surface area contributed by atoms with Gasteiger partial charge in [0.15, 0.2) is 0 Å². The second kappa shape index (κ2) is 7.74. The highest BCUT2D eigenvalue weighted by atomic mass is 16.5. The molecule has 1 amide bonds. The van der Waals surface area contributed by atoms with Gasteiger partial charge in [-0.05, 0) is 50.8 Å². The van der Waals surface area contributed by atoms with Gasteiger partial charge in [-0.3, -0.25) is 9.78 Å². The molecule has 0 saturated carbocycles. The zero-order valence-electron chi connectivity index (χ0n) is 14.0. The molecule has 0 fully saturated rings. The molecule has 5 nitrogen and oxygen atoms in total. The van der Waals surface area contributed by atoms with E-state index in [1.165, 1.54) is 0 Å². The Morgan fingerprint density at radius 3 is 2.43 bits per heavy atom. The molecule has 0 spiro atoms. The maximum Gasteiger partial charge on any atom is 0.252 e. The Morgan fingerprint density at radius 2 is 1.91 bits per heavy atom. The van der Waals surface area contributed by atoms with Crippen LogP contribution in [0.2, 0.25) is 0 Å². The van der Waals surface area contributed by atoms with E-state index in [1.54, 1.807) is 19.4 Å². The Kier molecular flexibility index (Phi) is 5.71. The third kappa shape index (κ3) is 4.53. The Hall–Kier alpha value is -2.40. The first kappa shape index (κ1) is 17.0. The zero-order valence-corrected chi connectivity index (χ0v) is 14.0. The molecule has 2 rings (SSSR count). The van der Waals surface area contributed by atoms with Crippen LogP contribution in [0.5, 0.6) is 5.75 Å². The summed E-state index contributed by atoms with van der Waals surface area (Å²) in [5.41, 5.74) is 2.59. The number of nitrogens with zero attached hydrogens (tertiary/aromatic N) is 2. The Balaban J connectivity index is 2.04. The van der Waals surface area contributed by atoms with Crippen molar-refractivity contribution in [3.63, 3.8) is 0 Å². The third-order valence-electron chi connectivity index (χ3n) is 3.75. The summed E-state index contributed by atoms with van der Waals surface area (Å²) < 4.78 is 5.18. The number of carbonyl (C=O) groups is 1. The molecule has 0 bridgehead atoms. The second-order valence-electron chi connectivity index (χ2n) is 5.65. The maximum atomic E-state index is 12.2. The minimum Gasteiger partial charge on any atom is -0.497 e. The highest BCUT2D eigenvalue weighted by Crippen LogP contribution is 2.20. The summed E-state index contributed by atoms with van der Waals surface area (Å²) in [7, 11) is 5.64. The lowest BCUT2D eigenvalue weighted by Gasteiger charge is -2.25. The topological polar surface area (TPSA) is 54.5 Å². The predicted octanol–water partition coefficient (Wildman–Crippen LogP) is 2.43. The van der Waals surface area contributed by atoms with Crippen LogP contribution in [0.1, 0.15) is 27.7 Å². The number of hydrogen-bond donors (Lipinski definition) is 1. The van der Waals surface area contributed by atoms with Crippen molar-refractivity contribution in [1.82, 2.24) is 15.2 Å². The van der Waals surface area contributed by atoms with Gasteiger partial charge >= 0.3 is 0 Å². The lowest BCUT2D eigenvalue weighted by Crippen LogP contribution is -2.34. The molecule has 2 aromatic rings. The number of carbonyl (C=O) groups excluding carboxylic acids is 1. The smallest absolute Gasteiger partial charge is 0.252 e. The third-order valence-corrected chi connectivity index (χ3v) is 3.75. The lowest BCUT2D eigenvalue weighted by molar-refractivity contribution is 0.0941. The Bertz CT molecular complexity index is 636. The van der Waals surface area contributed by atoms with Crippen LogP contribution >= 0.6 is 0 Å². The van der Waals surface area contributed by atoms with E-state index in [2.05, 4.69) is 15.2 Å². The number of aromatic nitrogens is 1. The average molecular weight is 313 g/mol. The van der Waals surface area contributed by atoms with E-state index < -0.39 is 0 Å². The number of benzene rings is 1. The van der Waals surface area contributed by atoms with Crippen molar-refractivity contribution in [2.45, 2.75) is 13.0 Å². The van der Waals surface area contributed by atoms with E-state index >= 15 is 0 Å². The van der Waals surface area contributed by atoms with Gasteiger partial charge in [-0.2, -0.15) is 0 Å². The standard InChI is InChI=1S/C18H23N3O2/c1-13-5-6-15(11-19-13)18(22)20-12-17(21(2)3)14-7-9-16(23-4)10-8-14/h5-11,17H,12H2,1-4H3,(H,20,22)/t17-/m1/s1. The van der Waals surface area contributed by atoms with Crippen molar-refractivity contribution in [2.24, 2.45) is 0 Å². The Labute approximate surface area is 137 Å². The minimum absolute atomic E-state index is 0.0864. The summed E-state index contributed by atoms with van der Waals surface area (Å²) in [6, 6.07) is 11.6. The first-order valence-electron chi connectivity index (χ1n) is 7.52. The number of nitrogens with one attached hydrogen (secondary N) is 1. The largest absolute Gasteiger partial charge is 0.497 e. The molecule has 0 saturated heterocycles. The number of methoxy groups -OCH3 is 1. The van der Waals surface area contributed by atoms with Crippen molar-refractivity contribution in [3.8, 4) is 5.75 Å². The van der Waals surface area contributed by atoms with Crippen molar-refractivity contribution >= 4 is 5.91 Å². The normalized spacial score (nSPS) is 12.0. The number of amides is 1. The van der Waals surface area contributed by atoms with E-state index in [9.17, 15) is 4.79 Å². The molecule has 0 aliphatic rings. The minimum atomic E-state index is -0.113. The van der Waals surface area contributed by atoms with Gasteiger partial charge in [-0.1, -0.05) is 12.1 Å². The molecule has 0 radical (unpaired) electrons. The number of pyridine rings is 1. The van der Waals surface area contributed by atoms with E-state index in [0.717, 1.165) is 17.0 Å². The van der Waals surface area contributed by atoms with Crippen LogP contribution in [0.3, 0.4) is 0 Å². The van der Waals surface area contributed by atoms with Gasteiger partial charge in [0.1, 0.15) is 5.75 Å². The average Bonchev–Trinajstić information content (AvgIpc) is 2.55.